The number of likely N-dealkylation sites (tertiary alicyclic amines) is 1. The fourth-order valence-corrected chi connectivity index (χ4v) is 6.12. The Bertz CT molecular complexity index is 694. The third kappa shape index (κ3) is 4.11. The van der Waals surface area contributed by atoms with Crippen LogP contribution in [-0.4, -0.2) is 40.6 Å². The van der Waals surface area contributed by atoms with Gasteiger partial charge in [-0.2, -0.15) is 0 Å². The van der Waals surface area contributed by atoms with E-state index in [0.717, 1.165) is 38.5 Å². The molecule has 7 nitrogen and oxygen atoms in total. The second-order valence-electron chi connectivity index (χ2n) is 9.55. The van der Waals surface area contributed by atoms with Crippen LogP contribution in [0.1, 0.15) is 77.0 Å². The maximum Gasteiger partial charge on any atom is 0.249 e. The van der Waals surface area contributed by atoms with Crippen LogP contribution in [0, 0.1) is 23.7 Å². The quantitative estimate of drug-likeness (QED) is 0.684. The molecule has 0 spiro atoms. The third-order valence-electron chi connectivity index (χ3n) is 7.69. The predicted octanol–water partition coefficient (Wildman–Crippen LogP) is 1.88. The Morgan fingerprint density at radius 3 is 2.21 bits per heavy atom. The number of nitrogens with one attached hydrogen (secondary N) is 1. The number of piperidine rings is 1. The van der Waals surface area contributed by atoms with Crippen molar-refractivity contribution in [1.82, 2.24) is 10.2 Å². The number of carbonyl (C=O) groups excluding carboxylic acids is 4. The maximum absolute atomic E-state index is 13.2. The molecule has 0 radical (unpaired) electrons. The summed E-state index contributed by atoms with van der Waals surface area (Å²) >= 11 is 0. The molecule has 160 valence electrons. The van der Waals surface area contributed by atoms with Crippen molar-refractivity contribution in [3.63, 3.8) is 0 Å². The number of carbonyl (C=O) groups is 4. The van der Waals surface area contributed by atoms with E-state index in [1.54, 1.807) is 0 Å². The zero-order valence-electron chi connectivity index (χ0n) is 17.1. The van der Waals surface area contributed by atoms with E-state index in [1.165, 1.54) is 30.6 Å². The molecule has 2 saturated heterocycles. The SMILES string of the molecule is NC1CCCCCCC(C2CCC3C(=O)N(C4CCC(=O)NC4=O)C(=O)C3C2)C1. The van der Waals surface area contributed by atoms with Gasteiger partial charge in [-0.25, -0.2) is 0 Å². The van der Waals surface area contributed by atoms with Crippen LogP contribution >= 0.6 is 0 Å². The van der Waals surface area contributed by atoms with E-state index in [1.807, 2.05) is 0 Å². The first-order valence-electron chi connectivity index (χ1n) is 11.4. The van der Waals surface area contributed by atoms with Gasteiger partial charge in [0.1, 0.15) is 6.04 Å². The van der Waals surface area contributed by atoms with Crippen LogP contribution in [0.2, 0.25) is 0 Å². The van der Waals surface area contributed by atoms with Crippen LogP contribution < -0.4 is 11.1 Å². The molecule has 2 aliphatic heterocycles. The van der Waals surface area contributed by atoms with E-state index < -0.39 is 11.9 Å². The van der Waals surface area contributed by atoms with Crippen LogP contribution in [0.3, 0.4) is 0 Å². The molecule has 4 fully saturated rings. The van der Waals surface area contributed by atoms with Gasteiger partial charge in [0.25, 0.3) is 0 Å². The highest BCUT2D eigenvalue weighted by Crippen LogP contribution is 2.46. The largest absolute Gasteiger partial charge is 0.328 e. The second kappa shape index (κ2) is 8.54. The average molecular weight is 404 g/mol. The predicted molar refractivity (Wildman–Crippen MR) is 106 cm³/mol. The van der Waals surface area contributed by atoms with Gasteiger partial charge in [-0.05, 0) is 50.4 Å². The van der Waals surface area contributed by atoms with Crippen LogP contribution in [-0.2, 0) is 19.2 Å². The molecule has 7 heteroatoms. The Balaban J connectivity index is 1.46. The lowest BCUT2D eigenvalue weighted by atomic mass is 9.68. The lowest BCUT2D eigenvalue weighted by Crippen LogP contribution is -2.54. The zero-order chi connectivity index (χ0) is 20.5. The highest BCUT2D eigenvalue weighted by Gasteiger charge is 2.54. The van der Waals surface area contributed by atoms with Crippen molar-refractivity contribution in [1.29, 1.82) is 0 Å². The van der Waals surface area contributed by atoms with Gasteiger partial charge in [0.15, 0.2) is 0 Å². The van der Waals surface area contributed by atoms with Gasteiger partial charge < -0.3 is 5.73 Å². The molecule has 0 aromatic rings. The highest BCUT2D eigenvalue weighted by atomic mass is 16.2. The molecule has 3 N–H and O–H groups in total. The molecular formula is C22H33N3O4. The minimum absolute atomic E-state index is 0.172. The monoisotopic (exact) mass is 403 g/mol. The number of nitrogens with zero attached hydrogens (tertiary/aromatic N) is 1. The molecule has 4 amide bonds. The van der Waals surface area contributed by atoms with Crippen molar-refractivity contribution >= 4 is 23.6 Å². The van der Waals surface area contributed by atoms with Crippen molar-refractivity contribution in [2.45, 2.75) is 89.1 Å². The standard InChI is InChI=1S/C22H33N3O4/c23-15-6-4-2-1-3-5-13(11-15)14-7-8-16-17(12-14)22(29)25(21(16)28)18-9-10-19(26)24-20(18)27/h13-18H,1-12,23H2,(H,24,26,27). The summed E-state index contributed by atoms with van der Waals surface area (Å²) in [7, 11) is 0. The number of hydrogen-bond acceptors (Lipinski definition) is 5. The van der Waals surface area contributed by atoms with Crippen LogP contribution in [0.4, 0.5) is 0 Å². The molecule has 0 aromatic heterocycles. The molecule has 6 unspecified atom stereocenters. The summed E-state index contributed by atoms with van der Waals surface area (Å²) in [6, 6.07) is -0.591. The Kier molecular flexibility index (Phi) is 6.04. The maximum atomic E-state index is 13.2. The van der Waals surface area contributed by atoms with Gasteiger partial charge in [0.2, 0.25) is 23.6 Å². The van der Waals surface area contributed by atoms with Crippen LogP contribution in [0.5, 0.6) is 0 Å². The summed E-state index contributed by atoms with van der Waals surface area (Å²) < 4.78 is 0. The van der Waals surface area contributed by atoms with Crippen LogP contribution in [0.15, 0.2) is 0 Å². The van der Waals surface area contributed by atoms with Crippen molar-refractivity contribution in [3.8, 4) is 0 Å². The first-order chi connectivity index (χ1) is 14.0. The van der Waals surface area contributed by atoms with Gasteiger partial charge in [-0.3, -0.25) is 29.4 Å². The molecule has 6 atom stereocenters. The van der Waals surface area contributed by atoms with E-state index in [-0.39, 0.29) is 48.4 Å². The molecule has 0 bridgehead atoms. The normalized spacial score (nSPS) is 39.4. The number of rotatable bonds is 2. The molecule has 2 heterocycles. The topological polar surface area (TPSA) is 110 Å². The van der Waals surface area contributed by atoms with E-state index in [2.05, 4.69) is 5.32 Å². The summed E-state index contributed by atoms with van der Waals surface area (Å²) in [6.45, 7) is 0. The Labute approximate surface area is 172 Å². The average Bonchev–Trinajstić information content (AvgIpc) is 2.99. The van der Waals surface area contributed by atoms with Gasteiger partial charge in [-0.1, -0.05) is 32.1 Å². The van der Waals surface area contributed by atoms with Crippen LogP contribution in [0.25, 0.3) is 0 Å². The molecule has 4 aliphatic rings. The van der Waals surface area contributed by atoms with E-state index in [4.69, 9.17) is 5.73 Å². The van der Waals surface area contributed by atoms with Crippen molar-refractivity contribution in [2.24, 2.45) is 29.4 Å². The summed E-state index contributed by atoms with van der Waals surface area (Å²) in [5, 5.41) is 2.27. The molecule has 2 saturated carbocycles. The smallest absolute Gasteiger partial charge is 0.249 e. The first-order valence-corrected chi connectivity index (χ1v) is 11.4. The van der Waals surface area contributed by atoms with Gasteiger partial charge in [-0.15, -0.1) is 0 Å². The summed E-state index contributed by atoms with van der Waals surface area (Å²) in [4.78, 5) is 51.0. The van der Waals surface area contributed by atoms with E-state index in [9.17, 15) is 19.2 Å². The zero-order valence-corrected chi connectivity index (χ0v) is 17.1. The van der Waals surface area contributed by atoms with Crippen molar-refractivity contribution < 1.29 is 19.2 Å². The fourth-order valence-electron chi connectivity index (χ4n) is 6.12. The summed E-state index contributed by atoms with van der Waals surface area (Å²) in [5.74, 6) is -0.911. The Morgan fingerprint density at radius 1 is 0.759 bits per heavy atom. The summed E-state index contributed by atoms with van der Waals surface area (Å²) in [6.07, 6.45) is 11.0. The third-order valence-corrected chi connectivity index (χ3v) is 7.69. The first kappa shape index (κ1) is 20.5. The second-order valence-corrected chi connectivity index (χ2v) is 9.55. The van der Waals surface area contributed by atoms with Crippen molar-refractivity contribution in [3.05, 3.63) is 0 Å². The minimum atomic E-state index is -0.824. The summed E-state index contributed by atoms with van der Waals surface area (Å²) in [5.41, 5.74) is 6.37. The van der Waals surface area contributed by atoms with E-state index >= 15 is 0 Å². The molecule has 4 rings (SSSR count). The fraction of sp³-hybridized carbons (Fsp3) is 0.818. The number of hydrogen-bond donors (Lipinski definition) is 2. The number of imide groups is 2. The number of fused-ring (bicyclic) bond motifs is 1. The highest BCUT2D eigenvalue weighted by molar-refractivity contribution is 6.10. The molecule has 29 heavy (non-hydrogen) atoms. The van der Waals surface area contributed by atoms with E-state index in [0.29, 0.717) is 11.8 Å². The lowest BCUT2D eigenvalue weighted by Gasteiger charge is -2.35. The molecular weight excluding hydrogens is 370 g/mol. The lowest BCUT2D eigenvalue weighted by molar-refractivity contribution is -0.151. The van der Waals surface area contributed by atoms with Crippen molar-refractivity contribution in [2.75, 3.05) is 0 Å². The molecule has 2 aliphatic carbocycles. The Hall–Kier alpha value is -1.76. The number of amides is 4. The van der Waals surface area contributed by atoms with Gasteiger partial charge in [0.05, 0.1) is 11.8 Å². The minimum Gasteiger partial charge on any atom is -0.328 e. The Morgan fingerprint density at radius 2 is 1.45 bits per heavy atom. The van der Waals surface area contributed by atoms with Gasteiger partial charge in [0, 0.05) is 12.5 Å². The van der Waals surface area contributed by atoms with Gasteiger partial charge >= 0.3 is 0 Å². The number of nitrogens with two attached hydrogens (primary N) is 1. The molecule has 0 aromatic carbocycles.